The molecule has 3 rings (SSSR count). The molecule has 0 fully saturated rings. The predicted octanol–water partition coefficient (Wildman–Crippen LogP) is 2.52. The van der Waals surface area contributed by atoms with Crippen LogP contribution in [-0.4, -0.2) is 26.5 Å². The highest BCUT2D eigenvalue weighted by molar-refractivity contribution is 7.89. The van der Waals surface area contributed by atoms with E-state index in [9.17, 15) is 12.8 Å². The number of hydrogen-bond acceptors (Lipinski definition) is 3. The van der Waals surface area contributed by atoms with Crippen molar-refractivity contribution in [3.63, 3.8) is 0 Å². The van der Waals surface area contributed by atoms with E-state index in [1.54, 1.807) is 24.4 Å². The number of nitrogens with one attached hydrogen (secondary N) is 2. The van der Waals surface area contributed by atoms with Crippen molar-refractivity contribution in [2.45, 2.75) is 11.8 Å². The number of aromatic amines is 1. The first-order chi connectivity index (χ1) is 11.4. The molecule has 0 aliphatic rings. The van der Waals surface area contributed by atoms with Gasteiger partial charge in [0.25, 0.3) is 0 Å². The Labute approximate surface area is 139 Å². The number of nitrogens with two attached hydrogens (primary N) is 1. The van der Waals surface area contributed by atoms with Gasteiger partial charge < -0.3 is 10.7 Å². The highest BCUT2D eigenvalue weighted by Gasteiger charge is 2.16. The molecule has 2 aromatic carbocycles. The van der Waals surface area contributed by atoms with Gasteiger partial charge in [-0.2, -0.15) is 0 Å². The summed E-state index contributed by atoms with van der Waals surface area (Å²) in [4.78, 5) is 3.20. The quantitative estimate of drug-likeness (QED) is 0.663. The number of rotatable bonds is 5. The Balaban J connectivity index is 2.11. The van der Waals surface area contributed by atoms with Crippen molar-refractivity contribution in [3.05, 3.63) is 54.0 Å². The summed E-state index contributed by atoms with van der Waals surface area (Å²) in [5.41, 5.74) is 8.42. The third kappa shape index (κ3) is 3.19. The van der Waals surface area contributed by atoms with Crippen molar-refractivity contribution < 1.29 is 12.8 Å². The minimum absolute atomic E-state index is 0.179. The maximum Gasteiger partial charge on any atom is 0.240 e. The third-order valence-corrected chi connectivity index (χ3v) is 5.19. The fourth-order valence-corrected chi connectivity index (χ4v) is 3.85. The third-order valence-electron chi connectivity index (χ3n) is 3.75. The van der Waals surface area contributed by atoms with Crippen LogP contribution in [0.25, 0.3) is 22.0 Å². The van der Waals surface area contributed by atoms with Crippen molar-refractivity contribution >= 4 is 20.9 Å². The molecule has 0 saturated heterocycles. The van der Waals surface area contributed by atoms with Crippen LogP contribution in [0.3, 0.4) is 0 Å². The van der Waals surface area contributed by atoms with Crippen LogP contribution in [-0.2, 0) is 10.0 Å². The van der Waals surface area contributed by atoms with E-state index in [4.69, 9.17) is 5.73 Å². The Kier molecular flexibility index (Phi) is 4.40. The first kappa shape index (κ1) is 16.6. The van der Waals surface area contributed by atoms with E-state index < -0.39 is 10.0 Å². The molecule has 7 heteroatoms. The van der Waals surface area contributed by atoms with Gasteiger partial charge in [-0.15, -0.1) is 0 Å². The zero-order valence-electron chi connectivity index (χ0n) is 13.1. The average Bonchev–Trinajstić information content (AvgIpc) is 2.95. The van der Waals surface area contributed by atoms with E-state index in [0.29, 0.717) is 5.52 Å². The molecule has 1 heterocycles. The maximum atomic E-state index is 13.3. The summed E-state index contributed by atoms with van der Waals surface area (Å²) in [7, 11) is -3.62. The second kappa shape index (κ2) is 6.35. The molecule has 1 aromatic heterocycles. The van der Waals surface area contributed by atoms with Gasteiger partial charge in [-0.1, -0.05) is 6.07 Å². The van der Waals surface area contributed by atoms with Crippen molar-refractivity contribution in [3.8, 4) is 11.1 Å². The molecule has 0 amide bonds. The Morgan fingerprint density at radius 3 is 2.75 bits per heavy atom. The summed E-state index contributed by atoms with van der Waals surface area (Å²) >= 11 is 0. The fourth-order valence-electron chi connectivity index (χ4n) is 2.67. The number of H-pyrrole nitrogens is 1. The highest BCUT2D eigenvalue weighted by Crippen LogP contribution is 2.31. The second-order valence-corrected chi connectivity index (χ2v) is 7.38. The summed E-state index contributed by atoms with van der Waals surface area (Å²) in [6, 6.07) is 9.59. The number of halogens is 1. The van der Waals surface area contributed by atoms with Crippen LogP contribution in [0, 0.1) is 12.7 Å². The molecular weight excluding hydrogens is 329 g/mol. The number of hydrogen-bond donors (Lipinski definition) is 3. The molecule has 126 valence electrons. The number of sulfonamides is 1. The lowest BCUT2D eigenvalue weighted by molar-refractivity contribution is 0.582. The van der Waals surface area contributed by atoms with E-state index in [1.165, 1.54) is 12.1 Å². The van der Waals surface area contributed by atoms with Crippen LogP contribution in [0.1, 0.15) is 5.56 Å². The molecule has 5 nitrogen and oxygen atoms in total. The van der Waals surface area contributed by atoms with Crippen LogP contribution in [0.5, 0.6) is 0 Å². The van der Waals surface area contributed by atoms with Gasteiger partial charge in [0.1, 0.15) is 5.82 Å². The Bertz CT molecular complexity index is 996. The van der Waals surface area contributed by atoms with Gasteiger partial charge in [0, 0.05) is 35.8 Å². The number of benzene rings is 2. The predicted molar refractivity (Wildman–Crippen MR) is 92.7 cm³/mol. The number of aromatic nitrogens is 1. The lowest BCUT2D eigenvalue weighted by Crippen LogP contribution is -2.29. The van der Waals surface area contributed by atoms with Gasteiger partial charge in [0.05, 0.1) is 4.90 Å². The maximum absolute atomic E-state index is 13.3. The largest absolute Gasteiger partial charge is 0.360 e. The number of fused-ring (bicyclic) bond motifs is 1. The van der Waals surface area contributed by atoms with Crippen molar-refractivity contribution in [2.24, 2.45) is 5.73 Å². The molecule has 0 spiro atoms. The van der Waals surface area contributed by atoms with Gasteiger partial charge in [-0.05, 0) is 48.4 Å². The minimum Gasteiger partial charge on any atom is -0.360 e. The van der Waals surface area contributed by atoms with E-state index >= 15 is 0 Å². The van der Waals surface area contributed by atoms with Crippen LogP contribution in [0.2, 0.25) is 0 Å². The monoisotopic (exact) mass is 347 g/mol. The smallest absolute Gasteiger partial charge is 0.240 e. The van der Waals surface area contributed by atoms with Gasteiger partial charge in [-0.3, -0.25) is 0 Å². The van der Waals surface area contributed by atoms with Crippen LogP contribution >= 0.6 is 0 Å². The standard InChI is InChI=1S/C17H18FN3O2S/c1-11-6-12(8-14(7-11)24(22,23)21-5-4-19)16-10-20-17-9-13(18)2-3-15(16)17/h2-3,6-10,20-21H,4-5,19H2,1H3. The van der Waals surface area contributed by atoms with Crippen LogP contribution < -0.4 is 10.5 Å². The van der Waals surface area contributed by atoms with Crippen LogP contribution in [0.15, 0.2) is 47.5 Å². The van der Waals surface area contributed by atoms with Gasteiger partial charge in [-0.25, -0.2) is 17.5 Å². The summed E-state index contributed by atoms with van der Waals surface area (Å²) in [5.74, 6) is -0.325. The summed E-state index contributed by atoms with van der Waals surface area (Å²) in [6.07, 6.45) is 1.75. The fraction of sp³-hybridized carbons (Fsp3) is 0.176. The molecule has 24 heavy (non-hydrogen) atoms. The Hall–Kier alpha value is -2.22. The molecule has 0 bridgehead atoms. The van der Waals surface area contributed by atoms with Crippen molar-refractivity contribution in [1.82, 2.24) is 9.71 Å². The highest BCUT2D eigenvalue weighted by atomic mass is 32.2. The zero-order chi connectivity index (χ0) is 17.3. The summed E-state index contributed by atoms with van der Waals surface area (Å²) < 4.78 is 40.5. The molecule has 0 atom stereocenters. The first-order valence-corrected chi connectivity index (χ1v) is 8.97. The van der Waals surface area contributed by atoms with Gasteiger partial charge in [0.2, 0.25) is 10.0 Å². The lowest BCUT2D eigenvalue weighted by atomic mass is 10.0. The minimum atomic E-state index is -3.62. The normalized spacial score (nSPS) is 12.0. The van der Waals surface area contributed by atoms with E-state index in [0.717, 1.165) is 22.1 Å². The number of aryl methyl sites for hydroxylation is 1. The zero-order valence-corrected chi connectivity index (χ0v) is 14.0. The van der Waals surface area contributed by atoms with Gasteiger partial charge >= 0.3 is 0 Å². The topological polar surface area (TPSA) is 88.0 Å². The van der Waals surface area contributed by atoms with Crippen molar-refractivity contribution in [2.75, 3.05) is 13.1 Å². The Morgan fingerprint density at radius 1 is 1.21 bits per heavy atom. The Morgan fingerprint density at radius 2 is 2.00 bits per heavy atom. The first-order valence-electron chi connectivity index (χ1n) is 7.49. The van der Waals surface area contributed by atoms with Crippen molar-refractivity contribution in [1.29, 1.82) is 0 Å². The lowest BCUT2D eigenvalue weighted by Gasteiger charge is -2.09. The molecule has 0 aliphatic carbocycles. The molecule has 3 aromatic rings. The molecule has 4 N–H and O–H groups in total. The van der Waals surface area contributed by atoms with E-state index in [1.807, 2.05) is 13.0 Å². The molecule has 0 unspecified atom stereocenters. The SMILES string of the molecule is Cc1cc(-c2c[nH]c3cc(F)ccc23)cc(S(=O)(=O)NCCN)c1. The van der Waals surface area contributed by atoms with Crippen LogP contribution in [0.4, 0.5) is 4.39 Å². The van der Waals surface area contributed by atoms with E-state index in [-0.39, 0.29) is 23.8 Å². The van der Waals surface area contributed by atoms with E-state index in [2.05, 4.69) is 9.71 Å². The molecular formula is C17H18FN3O2S. The second-order valence-electron chi connectivity index (χ2n) is 5.61. The molecule has 0 aliphatic heterocycles. The van der Waals surface area contributed by atoms with Gasteiger partial charge in [0.15, 0.2) is 0 Å². The average molecular weight is 347 g/mol. The molecule has 0 radical (unpaired) electrons. The summed E-state index contributed by atoms with van der Waals surface area (Å²) in [5, 5.41) is 0.834. The molecule has 0 saturated carbocycles. The summed E-state index contributed by atoms with van der Waals surface area (Å²) in [6.45, 7) is 2.24.